The Balaban J connectivity index is 1.58. The molecule has 11 heteroatoms. The SMILES string of the molecule is C=Cc1cc2cc([C@@H](C)OC(=O)C3CCCN(C(=O)[C@H](C)NC(=O)C(NC(=O)OC(C)(C)C)C(C)C)N3)ccc2cn1. The van der Waals surface area contributed by atoms with Crippen molar-refractivity contribution in [2.24, 2.45) is 5.92 Å². The van der Waals surface area contributed by atoms with E-state index in [2.05, 4.69) is 27.6 Å². The van der Waals surface area contributed by atoms with Gasteiger partial charge in [0, 0.05) is 18.1 Å². The molecule has 0 radical (unpaired) electrons. The van der Waals surface area contributed by atoms with Crippen molar-refractivity contribution in [1.82, 2.24) is 26.1 Å². The summed E-state index contributed by atoms with van der Waals surface area (Å²) in [6.45, 7) is 16.2. The van der Waals surface area contributed by atoms with Gasteiger partial charge in [-0.25, -0.2) is 10.2 Å². The minimum absolute atomic E-state index is 0.252. The summed E-state index contributed by atoms with van der Waals surface area (Å²) in [6.07, 6.45) is 3.29. The van der Waals surface area contributed by atoms with Crippen LogP contribution in [0.2, 0.25) is 0 Å². The van der Waals surface area contributed by atoms with Gasteiger partial charge >= 0.3 is 12.1 Å². The van der Waals surface area contributed by atoms with Gasteiger partial charge in [-0.15, -0.1) is 0 Å². The van der Waals surface area contributed by atoms with Crippen LogP contribution < -0.4 is 16.1 Å². The van der Waals surface area contributed by atoms with E-state index in [0.717, 1.165) is 22.0 Å². The average molecular weight is 582 g/mol. The summed E-state index contributed by atoms with van der Waals surface area (Å²) in [5.41, 5.74) is 3.83. The van der Waals surface area contributed by atoms with Gasteiger partial charge in [0.2, 0.25) is 5.91 Å². The molecule has 4 atom stereocenters. The molecule has 1 aromatic carbocycles. The van der Waals surface area contributed by atoms with Crippen molar-refractivity contribution < 1.29 is 28.7 Å². The van der Waals surface area contributed by atoms with Gasteiger partial charge in [-0.3, -0.25) is 24.4 Å². The molecular formula is C31H43N5O6. The number of aromatic nitrogens is 1. The van der Waals surface area contributed by atoms with Gasteiger partial charge in [0.05, 0.1) is 5.69 Å². The molecule has 2 aromatic rings. The van der Waals surface area contributed by atoms with Crippen molar-refractivity contribution >= 4 is 40.7 Å². The van der Waals surface area contributed by atoms with Gasteiger partial charge in [-0.05, 0) is 82.5 Å². The number of hydrogen-bond donors (Lipinski definition) is 3. The van der Waals surface area contributed by atoms with Gasteiger partial charge in [-0.2, -0.15) is 0 Å². The van der Waals surface area contributed by atoms with E-state index >= 15 is 0 Å². The summed E-state index contributed by atoms with van der Waals surface area (Å²) in [5, 5.41) is 8.54. The Bertz CT molecular complexity index is 1320. The van der Waals surface area contributed by atoms with Crippen LogP contribution in [0.1, 0.15) is 78.7 Å². The topological polar surface area (TPSA) is 139 Å². The molecule has 1 fully saturated rings. The van der Waals surface area contributed by atoms with Crippen LogP contribution in [0.3, 0.4) is 0 Å². The second-order valence-electron chi connectivity index (χ2n) is 11.9. The molecule has 2 heterocycles. The lowest BCUT2D eigenvalue weighted by Crippen LogP contribution is -2.61. The molecule has 1 aliphatic heterocycles. The molecular weight excluding hydrogens is 538 g/mol. The summed E-state index contributed by atoms with van der Waals surface area (Å²) in [6, 6.07) is 5.17. The predicted molar refractivity (Wildman–Crippen MR) is 160 cm³/mol. The zero-order valence-corrected chi connectivity index (χ0v) is 25.5. The first-order valence-corrected chi connectivity index (χ1v) is 14.3. The molecule has 3 N–H and O–H groups in total. The number of hydrazine groups is 1. The van der Waals surface area contributed by atoms with E-state index in [9.17, 15) is 19.2 Å². The van der Waals surface area contributed by atoms with E-state index in [1.807, 2.05) is 24.3 Å². The van der Waals surface area contributed by atoms with E-state index in [1.54, 1.807) is 60.7 Å². The molecule has 2 unspecified atom stereocenters. The van der Waals surface area contributed by atoms with E-state index in [1.165, 1.54) is 5.01 Å². The van der Waals surface area contributed by atoms with E-state index in [-0.39, 0.29) is 5.92 Å². The van der Waals surface area contributed by atoms with Crippen LogP contribution in [0, 0.1) is 5.92 Å². The summed E-state index contributed by atoms with van der Waals surface area (Å²) >= 11 is 0. The second kappa shape index (κ2) is 13.8. The first-order chi connectivity index (χ1) is 19.7. The van der Waals surface area contributed by atoms with Crippen LogP contribution in [0.4, 0.5) is 4.79 Å². The summed E-state index contributed by atoms with van der Waals surface area (Å²) in [5.74, 6) is -1.64. The molecule has 0 saturated carbocycles. The Hall–Kier alpha value is -3.99. The van der Waals surface area contributed by atoms with Gasteiger partial charge in [0.1, 0.15) is 29.8 Å². The van der Waals surface area contributed by atoms with Crippen molar-refractivity contribution in [2.45, 2.75) is 91.1 Å². The molecule has 1 aromatic heterocycles. The minimum atomic E-state index is -0.909. The summed E-state index contributed by atoms with van der Waals surface area (Å²) in [4.78, 5) is 55.8. The summed E-state index contributed by atoms with van der Waals surface area (Å²) < 4.78 is 11.0. The molecule has 3 rings (SSSR count). The standard InChI is InChI=1S/C31H43N5O6/c1-9-24-16-23-15-21(12-13-22(23)17-32-24)20(5)41-29(39)25-11-10-14-36(35-25)28(38)19(4)33-27(37)26(18(2)3)34-30(40)42-31(6,7)8/h9,12-13,15-20,25-26,35H,1,10-11,14H2,2-8H3,(H,33,37)(H,34,40)/t19-,20+,25?,26?/m0/s1. The minimum Gasteiger partial charge on any atom is -0.457 e. The third-order valence-electron chi connectivity index (χ3n) is 6.83. The van der Waals surface area contributed by atoms with Crippen molar-refractivity contribution in [3.05, 3.63) is 48.3 Å². The fourth-order valence-electron chi connectivity index (χ4n) is 4.55. The Morgan fingerprint density at radius 3 is 2.45 bits per heavy atom. The first kappa shape index (κ1) is 32.5. The highest BCUT2D eigenvalue weighted by atomic mass is 16.6. The molecule has 0 aliphatic carbocycles. The molecule has 42 heavy (non-hydrogen) atoms. The third-order valence-corrected chi connectivity index (χ3v) is 6.83. The van der Waals surface area contributed by atoms with Crippen LogP contribution in [-0.4, -0.2) is 64.1 Å². The maximum atomic E-state index is 13.2. The third kappa shape index (κ3) is 8.75. The smallest absolute Gasteiger partial charge is 0.408 e. The van der Waals surface area contributed by atoms with E-state index < -0.39 is 53.7 Å². The molecule has 228 valence electrons. The predicted octanol–water partition coefficient (Wildman–Crippen LogP) is 4.03. The number of esters is 1. The number of nitrogens with zero attached hydrogens (tertiary/aromatic N) is 2. The average Bonchev–Trinajstić information content (AvgIpc) is 2.93. The lowest BCUT2D eigenvalue weighted by Gasteiger charge is -2.35. The number of nitrogens with one attached hydrogen (secondary N) is 3. The molecule has 3 amide bonds. The number of hydrogen-bond acceptors (Lipinski definition) is 8. The van der Waals surface area contributed by atoms with Crippen molar-refractivity contribution in [2.75, 3.05) is 6.54 Å². The lowest BCUT2D eigenvalue weighted by molar-refractivity contribution is -0.157. The zero-order chi connectivity index (χ0) is 31.2. The van der Waals surface area contributed by atoms with Crippen LogP contribution in [0.25, 0.3) is 16.8 Å². The quantitative estimate of drug-likeness (QED) is 0.377. The number of pyridine rings is 1. The fourth-order valence-corrected chi connectivity index (χ4v) is 4.55. The van der Waals surface area contributed by atoms with Gasteiger partial charge in [0.15, 0.2) is 0 Å². The maximum absolute atomic E-state index is 13.2. The van der Waals surface area contributed by atoms with Crippen LogP contribution in [-0.2, 0) is 23.9 Å². The number of carbonyl (C=O) groups excluding carboxylic acids is 4. The molecule has 11 nitrogen and oxygen atoms in total. The van der Waals surface area contributed by atoms with E-state index in [4.69, 9.17) is 9.47 Å². The highest BCUT2D eigenvalue weighted by molar-refractivity contribution is 5.91. The van der Waals surface area contributed by atoms with Crippen molar-refractivity contribution in [3.63, 3.8) is 0 Å². The van der Waals surface area contributed by atoms with Gasteiger partial charge in [0.25, 0.3) is 5.91 Å². The van der Waals surface area contributed by atoms with Crippen molar-refractivity contribution in [1.29, 1.82) is 0 Å². The molecule has 0 bridgehead atoms. The number of carbonyl (C=O) groups is 4. The largest absolute Gasteiger partial charge is 0.457 e. The lowest BCUT2D eigenvalue weighted by atomic mass is 10.0. The maximum Gasteiger partial charge on any atom is 0.408 e. The zero-order valence-electron chi connectivity index (χ0n) is 25.5. The number of benzene rings is 1. The summed E-state index contributed by atoms with van der Waals surface area (Å²) in [7, 11) is 0. The normalized spacial score (nSPS) is 17.6. The highest BCUT2D eigenvalue weighted by Gasteiger charge is 2.34. The van der Waals surface area contributed by atoms with E-state index in [0.29, 0.717) is 19.4 Å². The molecule has 0 spiro atoms. The Labute approximate surface area is 247 Å². The van der Waals surface area contributed by atoms with Gasteiger partial charge in [-0.1, -0.05) is 32.6 Å². The number of fused-ring (bicyclic) bond motifs is 1. The van der Waals surface area contributed by atoms with Crippen LogP contribution in [0.5, 0.6) is 0 Å². The van der Waals surface area contributed by atoms with Crippen LogP contribution >= 0.6 is 0 Å². The van der Waals surface area contributed by atoms with Crippen LogP contribution in [0.15, 0.2) is 37.0 Å². The molecule has 1 aliphatic rings. The first-order valence-electron chi connectivity index (χ1n) is 14.3. The number of rotatable bonds is 9. The highest BCUT2D eigenvalue weighted by Crippen LogP contribution is 2.24. The Morgan fingerprint density at radius 1 is 1.10 bits per heavy atom. The number of amides is 3. The Morgan fingerprint density at radius 2 is 1.81 bits per heavy atom. The Kier molecular flexibility index (Phi) is 10.7. The molecule has 1 saturated heterocycles. The second-order valence-corrected chi connectivity index (χ2v) is 11.9. The monoisotopic (exact) mass is 581 g/mol. The number of alkyl carbamates (subject to hydrolysis) is 1. The van der Waals surface area contributed by atoms with Crippen molar-refractivity contribution in [3.8, 4) is 0 Å². The van der Waals surface area contributed by atoms with Gasteiger partial charge < -0.3 is 20.1 Å². The fraction of sp³-hybridized carbons (Fsp3) is 0.516. The number of ether oxygens (including phenoxy) is 2.